The summed E-state index contributed by atoms with van der Waals surface area (Å²) in [6.45, 7) is 7.01. The second-order valence-electron chi connectivity index (χ2n) is 8.05. The predicted molar refractivity (Wildman–Crippen MR) is 100 cm³/mol. The zero-order valence-electron chi connectivity index (χ0n) is 15.5. The van der Waals surface area contributed by atoms with Gasteiger partial charge in [0.25, 0.3) is 0 Å². The predicted octanol–water partition coefficient (Wildman–Crippen LogP) is 1.98. The molecule has 0 atom stereocenters. The molecule has 2 N–H and O–H groups in total. The molecule has 4 rings (SSSR count). The number of carbonyl (C=O) groups excluding carboxylic acids is 1. The van der Waals surface area contributed by atoms with Crippen LogP contribution in [0.2, 0.25) is 0 Å². The Morgan fingerprint density at radius 1 is 1.15 bits per heavy atom. The van der Waals surface area contributed by atoms with Crippen molar-refractivity contribution >= 4 is 6.09 Å². The number of rotatable bonds is 4. The standard InChI is InChI=1S/C20H30N4O2/c25-19(26-14-17-4-2-1-3-5-17)22-24-12-6-18(7-13-24)23-15-20(16-23)8-10-21-11-9-20/h1-5,18,21H,6-16H2,(H,22,25). The summed E-state index contributed by atoms with van der Waals surface area (Å²) < 4.78 is 5.30. The van der Waals surface area contributed by atoms with Crippen LogP contribution in [0.15, 0.2) is 30.3 Å². The maximum atomic E-state index is 12.0. The molecule has 0 radical (unpaired) electrons. The van der Waals surface area contributed by atoms with Gasteiger partial charge >= 0.3 is 6.09 Å². The number of nitrogens with one attached hydrogen (secondary N) is 2. The van der Waals surface area contributed by atoms with Gasteiger partial charge in [0, 0.05) is 32.2 Å². The van der Waals surface area contributed by atoms with Crippen molar-refractivity contribution in [3.05, 3.63) is 35.9 Å². The molecule has 1 aromatic rings. The lowest BCUT2D eigenvalue weighted by molar-refractivity contribution is -0.0670. The summed E-state index contributed by atoms with van der Waals surface area (Å²) in [5.41, 5.74) is 4.49. The van der Waals surface area contributed by atoms with Crippen molar-refractivity contribution in [2.75, 3.05) is 39.3 Å². The fourth-order valence-electron chi connectivity index (χ4n) is 4.57. The lowest BCUT2D eigenvalue weighted by Crippen LogP contribution is -2.64. The number of hydrazine groups is 1. The smallest absolute Gasteiger partial charge is 0.422 e. The van der Waals surface area contributed by atoms with Crippen LogP contribution < -0.4 is 10.7 Å². The molecule has 3 aliphatic rings. The number of hydrogen-bond donors (Lipinski definition) is 2. The van der Waals surface area contributed by atoms with Gasteiger partial charge in [-0.1, -0.05) is 30.3 Å². The molecule has 0 bridgehead atoms. The van der Waals surface area contributed by atoms with Crippen molar-refractivity contribution in [1.29, 1.82) is 0 Å². The Hall–Kier alpha value is -1.63. The molecule has 0 unspecified atom stereocenters. The quantitative estimate of drug-likeness (QED) is 0.862. The molecular formula is C20H30N4O2. The van der Waals surface area contributed by atoms with Gasteiger partial charge in [0.2, 0.25) is 0 Å². The zero-order chi connectivity index (χ0) is 17.8. The number of carbonyl (C=O) groups is 1. The van der Waals surface area contributed by atoms with Crippen LogP contribution in [0.25, 0.3) is 0 Å². The third-order valence-electron chi connectivity index (χ3n) is 6.18. The summed E-state index contributed by atoms with van der Waals surface area (Å²) in [5, 5.41) is 5.47. The van der Waals surface area contributed by atoms with Crippen LogP contribution in [-0.4, -0.2) is 61.3 Å². The van der Waals surface area contributed by atoms with Gasteiger partial charge in [-0.3, -0.25) is 10.3 Å². The molecule has 0 aromatic heterocycles. The average Bonchev–Trinajstić information content (AvgIpc) is 2.67. The van der Waals surface area contributed by atoms with Crippen LogP contribution in [0, 0.1) is 5.41 Å². The second-order valence-corrected chi connectivity index (χ2v) is 8.05. The summed E-state index contributed by atoms with van der Waals surface area (Å²) in [4.78, 5) is 14.6. The maximum absolute atomic E-state index is 12.0. The molecule has 6 heteroatoms. The number of likely N-dealkylation sites (tertiary alicyclic amines) is 1. The highest BCUT2D eigenvalue weighted by Crippen LogP contribution is 2.40. The van der Waals surface area contributed by atoms with E-state index in [1.54, 1.807) is 0 Å². The molecule has 1 spiro atoms. The van der Waals surface area contributed by atoms with Crippen LogP contribution in [0.3, 0.4) is 0 Å². The average molecular weight is 358 g/mol. The van der Waals surface area contributed by atoms with Gasteiger partial charge in [-0.15, -0.1) is 0 Å². The van der Waals surface area contributed by atoms with E-state index in [1.807, 2.05) is 35.3 Å². The normalized spacial score (nSPS) is 24.2. The molecule has 0 aliphatic carbocycles. The summed E-state index contributed by atoms with van der Waals surface area (Å²) in [6.07, 6.45) is 4.54. The van der Waals surface area contributed by atoms with E-state index in [9.17, 15) is 4.79 Å². The van der Waals surface area contributed by atoms with Crippen molar-refractivity contribution in [3.63, 3.8) is 0 Å². The molecule has 3 heterocycles. The minimum Gasteiger partial charge on any atom is -0.444 e. The number of hydrogen-bond acceptors (Lipinski definition) is 5. The molecule has 142 valence electrons. The molecular weight excluding hydrogens is 328 g/mol. The molecule has 3 saturated heterocycles. The van der Waals surface area contributed by atoms with Gasteiger partial charge in [0.15, 0.2) is 0 Å². The monoisotopic (exact) mass is 358 g/mol. The molecule has 3 aliphatic heterocycles. The van der Waals surface area contributed by atoms with Crippen molar-refractivity contribution in [1.82, 2.24) is 20.7 Å². The molecule has 26 heavy (non-hydrogen) atoms. The van der Waals surface area contributed by atoms with E-state index in [4.69, 9.17) is 4.74 Å². The van der Waals surface area contributed by atoms with Crippen LogP contribution in [0.4, 0.5) is 4.79 Å². The van der Waals surface area contributed by atoms with Crippen LogP contribution >= 0.6 is 0 Å². The SMILES string of the molecule is O=C(NN1CCC(N2CC3(CCNCC3)C2)CC1)OCc1ccccc1. The van der Waals surface area contributed by atoms with Crippen molar-refractivity contribution in [2.24, 2.45) is 5.41 Å². The van der Waals surface area contributed by atoms with E-state index in [0.29, 0.717) is 18.1 Å². The van der Waals surface area contributed by atoms with Crippen LogP contribution in [0.5, 0.6) is 0 Å². The first-order valence-electron chi connectivity index (χ1n) is 9.90. The van der Waals surface area contributed by atoms with E-state index >= 15 is 0 Å². The Bertz CT molecular complexity index is 587. The third-order valence-corrected chi connectivity index (χ3v) is 6.18. The highest BCUT2D eigenvalue weighted by molar-refractivity contribution is 5.66. The van der Waals surface area contributed by atoms with Crippen molar-refractivity contribution in [3.8, 4) is 0 Å². The highest BCUT2D eigenvalue weighted by Gasteiger charge is 2.45. The molecule has 1 amide bonds. The summed E-state index contributed by atoms with van der Waals surface area (Å²) in [5.74, 6) is 0. The van der Waals surface area contributed by atoms with Gasteiger partial charge in [0.1, 0.15) is 6.61 Å². The topological polar surface area (TPSA) is 56.8 Å². The van der Waals surface area contributed by atoms with Gasteiger partial charge in [-0.2, -0.15) is 0 Å². The van der Waals surface area contributed by atoms with Gasteiger partial charge in [-0.25, -0.2) is 9.80 Å². The Kier molecular flexibility index (Phi) is 5.43. The number of piperidine rings is 2. The first kappa shape index (κ1) is 17.8. The molecule has 1 aromatic carbocycles. The summed E-state index contributed by atoms with van der Waals surface area (Å²) >= 11 is 0. The summed E-state index contributed by atoms with van der Waals surface area (Å²) in [6, 6.07) is 10.4. The fraction of sp³-hybridized carbons (Fsp3) is 0.650. The summed E-state index contributed by atoms with van der Waals surface area (Å²) in [7, 11) is 0. The third kappa shape index (κ3) is 4.19. The van der Waals surface area contributed by atoms with Crippen LogP contribution in [-0.2, 0) is 11.3 Å². The van der Waals surface area contributed by atoms with E-state index in [0.717, 1.165) is 31.5 Å². The Labute approximate surface area is 155 Å². The number of benzene rings is 1. The highest BCUT2D eigenvalue weighted by atomic mass is 16.6. The first-order chi connectivity index (χ1) is 12.7. The first-order valence-corrected chi connectivity index (χ1v) is 9.90. The minimum atomic E-state index is -0.357. The number of amides is 1. The lowest BCUT2D eigenvalue weighted by Gasteiger charge is -2.56. The Balaban J connectivity index is 1.14. The van der Waals surface area contributed by atoms with Crippen molar-refractivity contribution in [2.45, 2.75) is 38.3 Å². The maximum Gasteiger partial charge on any atom is 0.422 e. The lowest BCUT2D eigenvalue weighted by atomic mass is 9.71. The largest absolute Gasteiger partial charge is 0.444 e. The van der Waals surface area contributed by atoms with E-state index in [2.05, 4.69) is 15.6 Å². The van der Waals surface area contributed by atoms with E-state index in [1.165, 1.54) is 39.0 Å². The molecule has 0 saturated carbocycles. The zero-order valence-corrected chi connectivity index (χ0v) is 15.5. The van der Waals surface area contributed by atoms with E-state index < -0.39 is 0 Å². The second kappa shape index (κ2) is 7.94. The Morgan fingerprint density at radius 2 is 1.85 bits per heavy atom. The van der Waals surface area contributed by atoms with Gasteiger partial charge in [0.05, 0.1) is 0 Å². The van der Waals surface area contributed by atoms with Gasteiger partial charge < -0.3 is 10.1 Å². The van der Waals surface area contributed by atoms with Crippen molar-refractivity contribution < 1.29 is 9.53 Å². The molecule has 6 nitrogen and oxygen atoms in total. The minimum absolute atomic E-state index is 0.313. The van der Waals surface area contributed by atoms with E-state index in [-0.39, 0.29) is 6.09 Å². The number of nitrogens with zero attached hydrogens (tertiary/aromatic N) is 2. The van der Waals surface area contributed by atoms with Crippen LogP contribution in [0.1, 0.15) is 31.2 Å². The fourth-order valence-corrected chi connectivity index (χ4v) is 4.57. The Morgan fingerprint density at radius 3 is 2.54 bits per heavy atom. The van der Waals surface area contributed by atoms with Gasteiger partial charge in [-0.05, 0) is 49.8 Å². The number of ether oxygens (including phenoxy) is 1. The molecule has 3 fully saturated rings.